The van der Waals surface area contributed by atoms with Gasteiger partial charge in [-0.05, 0) is 23.5 Å². The van der Waals surface area contributed by atoms with E-state index in [0.29, 0.717) is 5.41 Å². The van der Waals surface area contributed by atoms with Gasteiger partial charge in [0.1, 0.15) is 6.33 Å². The van der Waals surface area contributed by atoms with Gasteiger partial charge >= 0.3 is 0 Å². The van der Waals surface area contributed by atoms with Crippen LogP contribution in [-0.4, -0.2) is 9.97 Å². The van der Waals surface area contributed by atoms with Crippen LogP contribution in [0, 0.1) is 5.41 Å². The summed E-state index contributed by atoms with van der Waals surface area (Å²) in [4.78, 5) is 7.97. The Hall–Kier alpha value is -1.18. The van der Waals surface area contributed by atoms with Crippen molar-refractivity contribution in [2.75, 3.05) is 0 Å². The number of fused-ring (bicyclic) bond motifs is 1. The molecule has 1 aliphatic rings. The van der Waals surface area contributed by atoms with E-state index in [0.717, 1.165) is 12.1 Å². The van der Waals surface area contributed by atoms with Crippen molar-refractivity contribution < 1.29 is 0 Å². The molecule has 76 valence electrons. The number of allylic oxidation sites excluding steroid dienone is 1. The minimum absolute atomic E-state index is 0.500. The van der Waals surface area contributed by atoms with Crippen molar-refractivity contribution in [3.63, 3.8) is 0 Å². The first-order chi connectivity index (χ1) is 6.47. The third-order valence-corrected chi connectivity index (χ3v) is 1.44. The van der Waals surface area contributed by atoms with Gasteiger partial charge < -0.3 is 0 Å². The summed E-state index contributed by atoms with van der Waals surface area (Å²) in [7, 11) is 0. The fraction of sp³-hybridized carbons (Fsp3) is 0.500. The second kappa shape index (κ2) is 4.36. The van der Waals surface area contributed by atoms with Gasteiger partial charge in [-0.15, -0.1) is 0 Å². The molecule has 0 aliphatic heterocycles. The number of aromatic nitrogens is 2. The van der Waals surface area contributed by atoms with Crippen molar-refractivity contribution >= 4 is 6.08 Å². The van der Waals surface area contributed by atoms with E-state index in [1.54, 1.807) is 6.33 Å². The minimum atomic E-state index is 0.500. The Kier molecular flexibility index (Phi) is 3.39. The Balaban J connectivity index is 0.000000171. The minimum Gasteiger partial charge on any atom is -0.244 e. The Morgan fingerprint density at radius 3 is 2.43 bits per heavy atom. The van der Waals surface area contributed by atoms with Gasteiger partial charge in [-0.1, -0.05) is 33.8 Å². The highest BCUT2D eigenvalue weighted by atomic mass is 14.8. The van der Waals surface area contributed by atoms with Crippen molar-refractivity contribution in [3.8, 4) is 0 Å². The van der Waals surface area contributed by atoms with Gasteiger partial charge in [0.25, 0.3) is 0 Å². The fourth-order valence-electron chi connectivity index (χ4n) is 0.973. The van der Waals surface area contributed by atoms with E-state index < -0.39 is 0 Å². The van der Waals surface area contributed by atoms with Crippen LogP contribution in [-0.2, 0) is 6.42 Å². The number of hydrogen-bond acceptors (Lipinski definition) is 2. The van der Waals surface area contributed by atoms with E-state index in [-0.39, 0.29) is 0 Å². The van der Waals surface area contributed by atoms with E-state index in [1.807, 2.05) is 12.3 Å². The number of rotatable bonds is 0. The lowest BCUT2D eigenvalue weighted by molar-refractivity contribution is 0.469. The second-order valence-corrected chi connectivity index (χ2v) is 5.04. The molecule has 14 heavy (non-hydrogen) atoms. The molecule has 1 aliphatic carbocycles. The fourth-order valence-corrected chi connectivity index (χ4v) is 0.973. The maximum Gasteiger partial charge on any atom is 0.116 e. The molecule has 1 heterocycles. The largest absolute Gasteiger partial charge is 0.244 e. The van der Waals surface area contributed by atoms with Crippen LogP contribution in [0.25, 0.3) is 6.08 Å². The van der Waals surface area contributed by atoms with Crippen LogP contribution in [0.3, 0.4) is 0 Å². The highest BCUT2D eigenvalue weighted by Gasteiger charge is 2.02. The number of hydrogen-bond donors (Lipinski definition) is 0. The van der Waals surface area contributed by atoms with Crippen LogP contribution in [0.1, 0.15) is 39.0 Å². The quantitative estimate of drug-likeness (QED) is 0.628. The van der Waals surface area contributed by atoms with Gasteiger partial charge in [-0.25, -0.2) is 9.97 Å². The van der Waals surface area contributed by atoms with Crippen molar-refractivity contribution in [3.05, 3.63) is 29.9 Å². The third-order valence-electron chi connectivity index (χ3n) is 1.44. The van der Waals surface area contributed by atoms with E-state index >= 15 is 0 Å². The average molecular weight is 190 g/mol. The maximum atomic E-state index is 4.06. The van der Waals surface area contributed by atoms with Gasteiger partial charge in [0.05, 0.1) is 5.69 Å². The molecule has 2 heteroatoms. The van der Waals surface area contributed by atoms with Crippen LogP contribution in [0.4, 0.5) is 0 Å². The average Bonchev–Trinajstić information content (AvgIpc) is 2.47. The zero-order valence-corrected chi connectivity index (χ0v) is 9.41. The van der Waals surface area contributed by atoms with Crippen molar-refractivity contribution in [1.29, 1.82) is 0 Å². The van der Waals surface area contributed by atoms with Crippen molar-refractivity contribution in [2.24, 2.45) is 5.41 Å². The van der Waals surface area contributed by atoms with Gasteiger partial charge in [0, 0.05) is 6.20 Å². The van der Waals surface area contributed by atoms with Crippen LogP contribution in [0.5, 0.6) is 0 Å². The van der Waals surface area contributed by atoms with Crippen LogP contribution < -0.4 is 0 Å². The highest BCUT2D eigenvalue weighted by Crippen LogP contribution is 2.13. The summed E-state index contributed by atoms with van der Waals surface area (Å²) in [5.41, 5.74) is 2.81. The van der Waals surface area contributed by atoms with Gasteiger partial charge in [-0.3, -0.25) is 0 Å². The molecule has 0 unspecified atom stereocenters. The molecule has 0 radical (unpaired) electrons. The van der Waals surface area contributed by atoms with Gasteiger partial charge in [0.2, 0.25) is 0 Å². The van der Waals surface area contributed by atoms with Crippen LogP contribution in [0.2, 0.25) is 0 Å². The predicted octanol–water partition coefficient (Wildman–Crippen LogP) is 3.10. The van der Waals surface area contributed by atoms with Crippen molar-refractivity contribution in [1.82, 2.24) is 9.97 Å². The topological polar surface area (TPSA) is 25.8 Å². The molecule has 0 amide bonds. The molecule has 1 aromatic rings. The lowest BCUT2D eigenvalue weighted by Gasteiger charge is -2.05. The molecule has 0 aromatic carbocycles. The smallest absolute Gasteiger partial charge is 0.116 e. The first-order valence-electron chi connectivity index (χ1n) is 4.92. The standard InChI is InChI=1S/C7H6N2.C5H12/c1-2-6-4-8-5-9-7(6)3-1;1-5(2,3)4/h1,3-5H,2H2;1-4H3. The second-order valence-electron chi connectivity index (χ2n) is 5.04. The molecule has 0 bridgehead atoms. The maximum absolute atomic E-state index is 4.06. The Morgan fingerprint density at radius 2 is 1.86 bits per heavy atom. The highest BCUT2D eigenvalue weighted by molar-refractivity contribution is 5.54. The summed E-state index contributed by atoms with van der Waals surface area (Å²) in [6.45, 7) is 8.75. The Labute approximate surface area is 86.1 Å². The lowest BCUT2D eigenvalue weighted by atomic mass is 10.0. The molecule has 2 rings (SSSR count). The molecule has 0 spiro atoms. The summed E-state index contributed by atoms with van der Waals surface area (Å²) in [5, 5.41) is 0. The zero-order valence-electron chi connectivity index (χ0n) is 9.41. The van der Waals surface area contributed by atoms with Crippen LogP contribution >= 0.6 is 0 Å². The summed E-state index contributed by atoms with van der Waals surface area (Å²) in [6, 6.07) is 0. The molecule has 0 N–H and O–H groups in total. The van der Waals surface area contributed by atoms with E-state index in [2.05, 4.69) is 43.7 Å². The van der Waals surface area contributed by atoms with Crippen molar-refractivity contribution in [2.45, 2.75) is 34.1 Å². The third kappa shape index (κ3) is 4.17. The zero-order chi connectivity index (χ0) is 10.6. The predicted molar refractivity (Wildman–Crippen MR) is 59.9 cm³/mol. The molecule has 2 nitrogen and oxygen atoms in total. The summed E-state index contributed by atoms with van der Waals surface area (Å²) in [6.07, 6.45) is 8.56. The number of nitrogens with zero attached hydrogens (tertiary/aromatic N) is 2. The lowest BCUT2D eigenvalue weighted by Crippen LogP contribution is -1.93. The molecular weight excluding hydrogens is 172 g/mol. The monoisotopic (exact) mass is 190 g/mol. The van der Waals surface area contributed by atoms with E-state index in [9.17, 15) is 0 Å². The Bertz CT molecular complexity index is 315. The first-order valence-corrected chi connectivity index (χ1v) is 4.92. The molecule has 1 aromatic heterocycles. The van der Waals surface area contributed by atoms with Crippen LogP contribution in [0.15, 0.2) is 18.6 Å². The SMILES string of the molecule is C1=Cc2ncncc2C1.CC(C)(C)C. The van der Waals surface area contributed by atoms with Gasteiger partial charge in [-0.2, -0.15) is 0 Å². The summed E-state index contributed by atoms with van der Waals surface area (Å²) < 4.78 is 0. The summed E-state index contributed by atoms with van der Waals surface area (Å²) in [5.74, 6) is 0. The van der Waals surface area contributed by atoms with E-state index in [4.69, 9.17) is 0 Å². The Morgan fingerprint density at radius 1 is 1.21 bits per heavy atom. The normalized spacial score (nSPS) is 13.1. The first kappa shape index (κ1) is 10.9. The summed E-state index contributed by atoms with van der Waals surface area (Å²) >= 11 is 0. The molecule has 0 fully saturated rings. The molecule has 0 saturated carbocycles. The molecule has 0 atom stereocenters. The molecule has 0 saturated heterocycles. The van der Waals surface area contributed by atoms with Gasteiger partial charge in [0.15, 0.2) is 0 Å². The van der Waals surface area contributed by atoms with E-state index in [1.165, 1.54) is 5.56 Å². The molecular formula is C12H18N2.